The molecule has 1 saturated carbocycles. The summed E-state index contributed by atoms with van der Waals surface area (Å²) in [5, 5.41) is 12.4. The van der Waals surface area contributed by atoms with E-state index in [1.54, 1.807) is 6.07 Å². The Hall–Kier alpha value is -1.64. The lowest BCUT2D eigenvalue weighted by Gasteiger charge is -2.39. The highest BCUT2D eigenvalue weighted by Crippen LogP contribution is 2.37. The zero-order valence-electron chi connectivity index (χ0n) is 13.5. The fraction of sp³-hybridized carbons (Fsp3) is 0.667. The molecule has 23 heavy (non-hydrogen) atoms. The Morgan fingerprint density at radius 2 is 2.35 bits per heavy atom. The number of hydrogen-bond donors (Lipinski definition) is 1. The van der Waals surface area contributed by atoms with Crippen molar-refractivity contribution in [2.45, 2.75) is 43.7 Å². The van der Waals surface area contributed by atoms with Crippen LogP contribution in [0.3, 0.4) is 0 Å². The minimum atomic E-state index is 0.0254. The van der Waals surface area contributed by atoms with Crippen molar-refractivity contribution in [2.24, 2.45) is 5.92 Å². The summed E-state index contributed by atoms with van der Waals surface area (Å²) >= 11 is 0. The fourth-order valence-electron chi connectivity index (χ4n) is 4.02. The van der Waals surface area contributed by atoms with Crippen molar-refractivity contribution in [3.05, 3.63) is 23.9 Å². The lowest BCUT2D eigenvalue weighted by atomic mass is 9.88. The maximum atomic E-state index is 8.96. The van der Waals surface area contributed by atoms with E-state index in [1.165, 1.54) is 32.4 Å². The first-order valence-electron chi connectivity index (χ1n) is 8.75. The van der Waals surface area contributed by atoms with Gasteiger partial charge >= 0.3 is 0 Å². The standard InChI is InChI=1S/C18H24N4O/c19-10-15-3-1-4-17(20-15)21-16-9-18(23-12-16)7-2-8-22(13-18)11-14-5-6-14/h1,3-4,14,16H,2,5-9,11-13H2,(H,20,21)/t16-,18+/m1/s1. The van der Waals surface area contributed by atoms with Gasteiger partial charge in [-0.2, -0.15) is 5.26 Å². The topological polar surface area (TPSA) is 61.2 Å². The summed E-state index contributed by atoms with van der Waals surface area (Å²) in [5.41, 5.74) is 0.481. The van der Waals surface area contributed by atoms with Crippen LogP contribution in [0.5, 0.6) is 0 Å². The molecule has 0 aromatic carbocycles. The molecule has 1 aromatic heterocycles. The largest absolute Gasteiger partial charge is 0.371 e. The molecule has 1 spiro atoms. The normalized spacial score (nSPS) is 31.2. The number of ether oxygens (including phenoxy) is 1. The number of nitrogens with one attached hydrogen (secondary N) is 1. The SMILES string of the molecule is N#Cc1cccc(N[C@H]2CO[C@@]3(CCCN(CC4CC4)C3)C2)n1. The third-order valence-corrected chi connectivity index (χ3v) is 5.26. The monoisotopic (exact) mass is 312 g/mol. The number of likely N-dealkylation sites (tertiary alicyclic amines) is 1. The molecule has 122 valence electrons. The smallest absolute Gasteiger partial charge is 0.142 e. The molecular formula is C18H24N4O. The number of aromatic nitrogens is 1. The number of piperidine rings is 1. The first-order chi connectivity index (χ1) is 11.2. The zero-order chi connectivity index (χ0) is 15.7. The summed E-state index contributed by atoms with van der Waals surface area (Å²) in [6.45, 7) is 4.30. The summed E-state index contributed by atoms with van der Waals surface area (Å²) in [5.74, 6) is 1.72. The molecule has 0 bridgehead atoms. The minimum absolute atomic E-state index is 0.0254. The Bertz CT molecular complexity index is 609. The fourth-order valence-corrected chi connectivity index (χ4v) is 4.02. The summed E-state index contributed by atoms with van der Waals surface area (Å²) in [6.07, 6.45) is 6.26. The third kappa shape index (κ3) is 3.49. The number of nitriles is 1. The van der Waals surface area contributed by atoms with E-state index in [4.69, 9.17) is 10.00 Å². The highest BCUT2D eigenvalue weighted by molar-refractivity contribution is 5.39. The van der Waals surface area contributed by atoms with Crippen LogP contribution < -0.4 is 5.32 Å². The van der Waals surface area contributed by atoms with Crippen molar-refractivity contribution >= 4 is 5.82 Å². The molecule has 2 aliphatic heterocycles. The van der Waals surface area contributed by atoms with E-state index < -0.39 is 0 Å². The molecule has 5 heteroatoms. The van der Waals surface area contributed by atoms with Crippen LogP contribution in [0.15, 0.2) is 18.2 Å². The van der Waals surface area contributed by atoms with E-state index in [0.29, 0.717) is 5.69 Å². The Morgan fingerprint density at radius 1 is 1.43 bits per heavy atom. The molecule has 1 N–H and O–H groups in total. The number of anilines is 1. The maximum Gasteiger partial charge on any atom is 0.142 e. The van der Waals surface area contributed by atoms with Crippen molar-refractivity contribution in [1.29, 1.82) is 5.26 Å². The predicted octanol–water partition coefficient (Wildman–Crippen LogP) is 2.40. The average Bonchev–Trinajstić information content (AvgIpc) is 3.30. The molecule has 5 nitrogen and oxygen atoms in total. The Kier molecular flexibility index (Phi) is 3.96. The van der Waals surface area contributed by atoms with Gasteiger partial charge in [-0.15, -0.1) is 0 Å². The first-order valence-corrected chi connectivity index (χ1v) is 8.75. The lowest BCUT2D eigenvalue weighted by molar-refractivity contribution is -0.0521. The van der Waals surface area contributed by atoms with E-state index in [1.807, 2.05) is 12.1 Å². The molecule has 2 atom stereocenters. The highest BCUT2D eigenvalue weighted by atomic mass is 16.5. The van der Waals surface area contributed by atoms with Gasteiger partial charge in [0, 0.05) is 19.5 Å². The molecule has 3 heterocycles. The average molecular weight is 312 g/mol. The molecule has 0 amide bonds. The van der Waals surface area contributed by atoms with Crippen LogP contribution in [0.2, 0.25) is 0 Å². The van der Waals surface area contributed by atoms with Gasteiger partial charge in [0.2, 0.25) is 0 Å². The van der Waals surface area contributed by atoms with Crippen molar-refractivity contribution in [1.82, 2.24) is 9.88 Å². The number of pyridine rings is 1. The van der Waals surface area contributed by atoms with Gasteiger partial charge < -0.3 is 15.0 Å². The summed E-state index contributed by atoms with van der Waals surface area (Å²) in [4.78, 5) is 6.92. The van der Waals surface area contributed by atoms with Gasteiger partial charge in [0.25, 0.3) is 0 Å². The van der Waals surface area contributed by atoms with Crippen LogP contribution >= 0.6 is 0 Å². The van der Waals surface area contributed by atoms with E-state index in [9.17, 15) is 0 Å². The minimum Gasteiger partial charge on any atom is -0.371 e. The molecule has 2 saturated heterocycles. The second kappa shape index (κ2) is 6.10. The Morgan fingerprint density at radius 3 is 3.17 bits per heavy atom. The van der Waals surface area contributed by atoms with Crippen LogP contribution in [0.4, 0.5) is 5.82 Å². The molecule has 3 fully saturated rings. The van der Waals surface area contributed by atoms with Gasteiger partial charge in [-0.05, 0) is 50.3 Å². The van der Waals surface area contributed by atoms with Crippen LogP contribution in [0.25, 0.3) is 0 Å². The van der Waals surface area contributed by atoms with Gasteiger partial charge in [-0.1, -0.05) is 6.07 Å². The van der Waals surface area contributed by atoms with Gasteiger partial charge in [0.1, 0.15) is 17.6 Å². The predicted molar refractivity (Wildman–Crippen MR) is 88.1 cm³/mol. The second-order valence-corrected chi connectivity index (χ2v) is 7.34. The maximum absolute atomic E-state index is 8.96. The summed E-state index contributed by atoms with van der Waals surface area (Å²) in [6, 6.07) is 7.91. The molecule has 1 aromatic rings. The van der Waals surface area contributed by atoms with Crippen LogP contribution in [0.1, 0.15) is 37.8 Å². The Balaban J connectivity index is 1.37. The molecule has 4 rings (SSSR count). The van der Waals surface area contributed by atoms with E-state index >= 15 is 0 Å². The van der Waals surface area contributed by atoms with Gasteiger partial charge in [0.15, 0.2) is 0 Å². The number of nitrogens with zero attached hydrogens (tertiary/aromatic N) is 3. The van der Waals surface area contributed by atoms with Gasteiger partial charge in [-0.3, -0.25) is 0 Å². The van der Waals surface area contributed by atoms with Crippen molar-refractivity contribution in [3.8, 4) is 6.07 Å². The first kappa shape index (κ1) is 14.9. The van der Waals surface area contributed by atoms with Crippen molar-refractivity contribution < 1.29 is 4.74 Å². The van der Waals surface area contributed by atoms with Crippen LogP contribution in [-0.4, -0.2) is 47.8 Å². The summed E-state index contributed by atoms with van der Waals surface area (Å²) < 4.78 is 6.26. The second-order valence-electron chi connectivity index (χ2n) is 7.34. The zero-order valence-corrected chi connectivity index (χ0v) is 13.5. The van der Waals surface area contributed by atoms with E-state index in [-0.39, 0.29) is 11.6 Å². The highest BCUT2D eigenvalue weighted by Gasteiger charge is 2.44. The van der Waals surface area contributed by atoms with E-state index in [2.05, 4.69) is 21.3 Å². The molecule has 0 radical (unpaired) electrons. The molecule has 1 aliphatic carbocycles. The van der Waals surface area contributed by atoms with E-state index in [0.717, 1.165) is 37.7 Å². The third-order valence-electron chi connectivity index (χ3n) is 5.26. The summed E-state index contributed by atoms with van der Waals surface area (Å²) in [7, 11) is 0. The van der Waals surface area contributed by atoms with Gasteiger partial charge in [-0.25, -0.2) is 4.98 Å². The molecule has 3 aliphatic rings. The van der Waals surface area contributed by atoms with Gasteiger partial charge in [0.05, 0.1) is 18.2 Å². The van der Waals surface area contributed by atoms with Crippen LogP contribution in [0, 0.1) is 17.2 Å². The van der Waals surface area contributed by atoms with Crippen molar-refractivity contribution in [3.63, 3.8) is 0 Å². The quantitative estimate of drug-likeness (QED) is 0.925. The number of rotatable bonds is 4. The molecule has 0 unspecified atom stereocenters. The number of hydrogen-bond acceptors (Lipinski definition) is 5. The van der Waals surface area contributed by atoms with Crippen LogP contribution in [-0.2, 0) is 4.74 Å². The molecular weight excluding hydrogens is 288 g/mol. The Labute approximate surface area is 137 Å². The van der Waals surface area contributed by atoms with Crippen molar-refractivity contribution in [2.75, 3.05) is 31.6 Å². The lowest BCUT2D eigenvalue weighted by Crippen LogP contribution is -2.48.